The molecule has 0 N–H and O–H groups in total. The van der Waals surface area contributed by atoms with Crippen molar-refractivity contribution in [3.63, 3.8) is 0 Å². The lowest BCUT2D eigenvalue weighted by molar-refractivity contribution is -0.137. The number of thiazole rings is 1. The fourth-order valence-electron chi connectivity index (χ4n) is 5.15. The SMILES string of the molecule is Cc1nc(N2C[C@@H]3C[C@H](C2)[C@H](C(=O)N2CCCOCC2)n2c3cccc2=O)sc1C. The standard InChI is InChI=1S/C22H28N4O3S/c1-14-15(2)30-22(23-14)25-12-16-11-17(13-25)20(26-18(16)5-3-6-19(26)27)21(28)24-7-4-9-29-10-8-24/h3,5-6,16-17,20H,4,7-13H2,1-2H3/t16-,17+,20+/m0/s1. The van der Waals surface area contributed by atoms with E-state index in [1.165, 1.54) is 4.88 Å². The van der Waals surface area contributed by atoms with Crippen LogP contribution < -0.4 is 10.5 Å². The smallest absolute Gasteiger partial charge is 0.251 e. The number of aryl methyl sites for hydroxylation is 2. The summed E-state index contributed by atoms with van der Waals surface area (Å²) in [5.74, 6) is 0.392. The van der Waals surface area contributed by atoms with Crippen LogP contribution in [0.25, 0.3) is 0 Å². The number of hydrogen-bond donors (Lipinski definition) is 0. The molecule has 2 saturated heterocycles. The van der Waals surface area contributed by atoms with Crippen molar-refractivity contribution < 1.29 is 9.53 Å². The molecular formula is C22H28N4O3S. The van der Waals surface area contributed by atoms with Gasteiger partial charge in [-0.3, -0.25) is 14.2 Å². The van der Waals surface area contributed by atoms with E-state index in [9.17, 15) is 9.59 Å². The maximum absolute atomic E-state index is 13.7. The quantitative estimate of drug-likeness (QED) is 0.735. The molecule has 160 valence electrons. The Morgan fingerprint density at radius 2 is 2.07 bits per heavy atom. The number of carbonyl (C=O) groups excluding carboxylic acids is 1. The molecule has 0 radical (unpaired) electrons. The highest BCUT2D eigenvalue weighted by molar-refractivity contribution is 7.15. The van der Waals surface area contributed by atoms with Gasteiger partial charge in [-0.1, -0.05) is 6.07 Å². The monoisotopic (exact) mass is 428 g/mol. The Labute approximate surface area is 180 Å². The molecule has 0 saturated carbocycles. The highest BCUT2D eigenvalue weighted by Crippen LogP contribution is 2.43. The van der Waals surface area contributed by atoms with Crippen molar-refractivity contribution in [2.45, 2.75) is 38.6 Å². The van der Waals surface area contributed by atoms with Gasteiger partial charge in [0.25, 0.3) is 5.56 Å². The van der Waals surface area contributed by atoms with Crippen LogP contribution in [-0.2, 0) is 9.53 Å². The molecule has 1 amide bonds. The van der Waals surface area contributed by atoms with Crippen LogP contribution in [-0.4, -0.2) is 59.8 Å². The number of piperidine rings is 1. The van der Waals surface area contributed by atoms with Crippen LogP contribution >= 0.6 is 11.3 Å². The molecule has 30 heavy (non-hydrogen) atoms. The van der Waals surface area contributed by atoms with Crippen molar-refractivity contribution in [2.75, 3.05) is 44.3 Å². The Balaban J connectivity index is 1.53. The molecule has 3 aliphatic heterocycles. The molecule has 2 aromatic rings. The molecule has 5 rings (SSSR count). The first kappa shape index (κ1) is 19.8. The zero-order chi connectivity index (χ0) is 20.8. The third-order valence-electron chi connectivity index (χ3n) is 6.72. The van der Waals surface area contributed by atoms with Crippen LogP contribution in [0.1, 0.15) is 41.1 Å². The molecule has 0 aliphatic carbocycles. The molecular weight excluding hydrogens is 400 g/mol. The van der Waals surface area contributed by atoms with E-state index in [0.29, 0.717) is 26.3 Å². The van der Waals surface area contributed by atoms with E-state index in [0.717, 1.165) is 42.5 Å². The van der Waals surface area contributed by atoms with Crippen molar-refractivity contribution in [3.8, 4) is 0 Å². The molecule has 0 unspecified atom stereocenters. The summed E-state index contributed by atoms with van der Waals surface area (Å²) in [6.45, 7) is 8.27. The molecule has 2 bridgehead atoms. The van der Waals surface area contributed by atoms with Crippen molar-refractivity contribution in [3.05, 3.63) is 44.8 Å². The lowest BCUT2D eigenvalue weighted by Crippen LogP contribution is -2.54. The van der Waals surface area contributed by atoms with Gasteiger partial charge in [0, 0.05) is 61.3 Å². The molecule has 3 aliphatic rings. The number of fused-ring (bicyclic) bond motifs is 4. The van der Waals surface area contributed by atoms with Crippen LogP contribution in [0.2, 0.25) is 0 Å². The van der Waals surface area contributed by atoms with E-state index in [4.69, 9.17) is 9.72 Å². The number of rotatable bonds is 2. The highest BCUT2D eigenvalue weighted by Gasteiger charge is 2.45. The van der Waals surface area contributed by atoms with Crippen LogP contribution in [0, 0.1) is 19.8 Å². The van der Waals surface area contributed by atoms with Gasteiger partial charge in [-0.05, 0) is 32.8 Å². The third-order valence-corrected chi connectivity index (χ3v) is 7.86. The number of ether oxygens (including phenoxy) is 1. The van der Waals surface area contributed by atoms with Crippen LogP contribution in [0.5, 0.6) is 0 Å². The van der Waals surface area contributed by atoms with Gasteiger partial charge >= 0.3 is 0 Å². The fraction of sp³-hybridized carbons (Fsp3) is 0.591. The van der Waals surface area contributed by atoms with Gasteiger partial charge in [-0.25, -0.2) is 4.98 Å². The number of anilines is 1. The summed E-state index contributed by atoms with van der Waals surface area (Å²) >= 11 is 1.72. The second-order valence-electron chi connectivity index (χ2n) is 8.63. The number of aromatic nitrogens is 2. The first-order valence-corrected chi connectivity index (χ1v) is 11.6. The first-order chi connectivity index (χ1) is 14.5. The first-order valence-electron chi connectivity index (χ1n) is 10.8. The Bertz CT molecular complexity index is 989. The number of pyridine rings is 1. The molecule has 0 spiro atoms. The van der Waals surface area contributed by atoms with E-state index >= 15 is 0 Å². The molecule has 2 fully saturated rings. The van der Waals surface area contributed by atoms with Crippen LogP contribution in [0.3, 0.4) is 0 Å². The zero-order valence-electron chi connectivity index (χ0n) is 17.5. The number of nitrogens with zero attached hydrogens (tertiary/aromatic N) is 4. The van der Waals surface area contributed by atoms with Crippen molar-refractivity contribution in [2.24, 2.45) is 5.92 Å². The largest absolute Gasteiger partial charge is 0.380 e. The fourth-order valence-corrected chi connectivity index (χ4v) is 6.08. The third kappa shape index (κ3) is 3.36. The van der Waals surface area contributed by atoms with Gasteiger partial charge in [-0.15, -0.1) is 11.3 Å². The molecule has 3 atom stereocenters. The molecule has 8 heteroatoms. The molecule has 0 aromatic carbocycles. The predicted octanol–water partition coefficient (Wildman–Crippen LogP) is 2.34. The second kappa shape index (κ2) is 7.81. The maximum atomic E-state index is 13.7. The molecule has 5 heterocycles. The Morgan fingerprint density at radius 3 is 2.87 bits per heavy atom. The Hall–Kier alpha value is -2.19. The van der Waals surface area contributed by atoms with Gasteiger partial charge in [0.05, 0.1) is 12.3 Å². The summed E-state index contributed by atoms with van der Waals surface area (Å²) in [7, 11) is 0. The average Bonchev–Trinajstić information content (AvgIpc) is 2.93. The van der Waals surface area contributed by atoms with Gasteiger partial charge in [0.2, 0.25) is 5.91 Å². The van der Waals surface area contributed by atoms with E-state index in [1.54, 1.807) is 22.0 Å². The van der Waals surface area contributed by atoms with E-state index in [1.807, 2.05) is 24.0 Å². The lowest BCUT2D eigenvalue weighted by atomic mass is 9.78. The topological polar surface area (TPSA) is 67.7 Å². The average molecular weight is 429 g/mol. The van der Waals surface area contributed by atoms with Gasteiger partial charge in [0.1, 0.15) is 6.04 Å². The zero-order valence-corrected chi connectivity index (χ0v) is 18.4. The summed E-state index contributed by atoms with van der Waals surface area (Å²) in [5.41, 5.74) is 1.98. The second-order valence-corrected chi connectivity index (χ2v) is 9.81. The minimum atomic E-state index is -0.451. The van der Waals surface area contributed by atoms with Crippen LogP contribution in [0.4, 0.5) is 5.13 Å². The summed E-state index contributed by atoms with van der Waals surface area (Å²) in [6, 6.07) is 4.98. The van der Waals surface area contributed by atoms with Crippen molar-refractivity contribution in [1.29, 1.82) is 0 Å². The molecule has 7 nitrogen and oxygen atoms in total. The van der Waals surface area contributed by atoms with Gasteiger partial charge in [0.15, 0.2) is 5.13 Å². The molecule has 2 aromatic heterocycles. The van der Waals surface area contributed by atoms with Crippen molar-refractivity contribution >= 4 is 22.4 Å². The van der Waals surface area contributed by atoms with E-state index < -0.39 is 6.04 Å². The number of amides is 1. The maximum Gasteiger partial charge on any atom is 0.251 e. The minimum absolute atomic E-state index is 0.0619. The summed E-state index contributed by atoms with van der Waals surface area (Å²) < 4.78 is 7.34. The Kier molecular flexibility index (Phi) is 5.14. The van der Waals surface area contributed by atoms with E-state index in [-0.39, 0.29) is 23.3 Å². The lowest BCUT2D eigenvalue weighted by Gasteiger charge is -2.47. The number of carbonyl (C=O) groups is 1. The normalized spacial score (nSPS) is 26.3. The minimum Gasteiger partial charge on any atom is -0.380 e. The van der Waals surface area contributed by atoms with Crippen molar-refractivity contribution in [1.82, 2.24) is 14.5 Å². The summed E-state index contributed by atoms with van der Waals surface area (Å²) in [4.78, 5) is 36.8. The summed E-state index contributed by atoms with van der Waals surface area (Å²) in [6.07, 6.45) is 1.77. The predicted molar refractivity (Wildman–Crippen MR) is 116 cm³/mol. The summed E-state index contributed by atoms with van der Waals surface area (Å²) in [5, 5.41) is 1.03. The van der Waals surface area contributed by atoms with Gasteiger partial charge in [-0.2, -0.15) is 0 Å². The van der Waals surface area contributed by atoms with Crippen LogP contribution in [0.15, 0.2) is 23.0 Å². The Morgan fingerprint density at radius 1 is 1.20 bits per heavy atom. The number of hydrogen-bond acceptors (Lipinski definition) is 6. The van der Waals surface area contributed by atoms with E-state index in [2.05, 4.69) is 11.8 Å². The highest BCUT2D eigenvalue weighted by atomic mass is 32.1. The van der Waals surface area contributed by atoms with Gasteiger partial charge < -0.3 is 14.5 Å².